The van der Waals surface area contributed by atoms with Crippen LogP contribution in [0.15, 0.2) is 0 Å². The van der Waals surface area contributed by atoms with Crippen LogP contribution in [0.1, 0.15) is 34.1 Å². The molecule has 3 unspecified atom stereocenters. The second kappa shape index (κ2) is 10.7. The molecule has 0 aromatic heterocycles. The van der Waals surface area contributed by atoms with Crippen molar-refractivity contribution in [2.45, 2.75) is 46.3 Å². The fourth-order valence-corrected chi connectivity index (χ4v) is 1.74. The van der Waals surface area contributed by atoms with E-state index in [2.05, 4.69) is 27.7 Å². The Morgan fingerprint density at radius 3 is 2.17 bits per heavy atom. The van der Waals surface area contributed by atoms with Gasteiger partial charge in [0.05, 0.1) is 25.4 Å². The minimum absolute atomic E-state index is 0.146. The van der Waals surface area contributed by atoms with Gasteiger partial charge in [-0.25, -0.2) is 0 Å². The summed E-state index contributed by atoms with van der Waals surface area (Å²) >= 11 is 0. The highest BCUT2D eigenvalue weighted by molar-refractivity contribution is 4.73. The van der Waals surface area contributed by atoms with Crippen molar-refractivity contribution in [3.05, 3.63) is 0 Å². The Hall–Kier alpha value is -0.160. The fourth-order valence-electron chi connectivity index (χ4n) is 1.74. The van der Waals surface area contributed by atoms with Gasteiger partial charge in [0.25, 0.3) is 0 Å². The van der Waals surface area contributed by atoms with E-state index in [9.17, 15) is 0 Å². The molecule has 0 heterocycles. The van der Waals surface area contributed by atoms with Crippen LogP contribution in [0, 0.1) is 11.8 Å². The quantitative estimate of drug-likeness (QED) is 0.578. The lowest BCUT2D eigenvalue weighted by atomic mass is 9.96. The second-order valence-electron chi connectivity index (χ2n) is 5.27. The average Bonchev–Trinajstić information content (AvgIpc) is 2.34. The molecule has 3 atom stereocenters. The summed E-state index contributed by atoms with van der Waals surface area (Å²) in [5.41, 5.74) is 5.64. The summed E-state index contributed by atoms with van der Waals surface area (Å²) in [6, 6.07) is 0. The summed E-state index contributed by atoms with van der Waals surface area (Å²) in [4.78, 5) is 0. The van der Waals surface area contributed by atoms with Gasteiger partial charge in [-0.2, -0.15) is 0 Å². The topological polar surface area (TPSA) is 53.7 Å². The number of methoxy groups -OCH3 is 1. The molecule has 0 saturated heterocycles. The first-order valence-electron chi connectivity index (χ1n) is 6.95. The standard InChI is InChI=1S/C14H31NO3/c1-11(2)10-18-13(4)12(3)14(6-7-15)17-9-8-16-5/h11-14H,6-10,15H2,1-5H3. The van der Waals surface area contributed by atoms with Gasteiger partial charge in [0.2, 0.25) is 0 Å². The van der Waals surface area contributed by atoms with Crippen molar-refractivity contribution in [2.75, 3.05) is 33.5 Å². The van der Waals surface area contributed by atoms with Crippen molar-refractivity contribution >= 4 is 0 Å². The maximum absolute atomic E-state index is 5.85. The maximum atomic E-state index is 5.85. The van der Waals surface area contributed by atoms with E-state index in [1.165, 1.54) is 0 Å². The minimum Gasteiger partial charge on any atom is -0.382 e. The molecule has 4 nitrogen and oxygen atoms in total. The molecule has 0 radical (unpaired) electrons. The molecule has 0 spiro atoms. The first kappa shape index (κ1) is 17.8. The number of rotatable bonds is 11. The minimum atomic E-state index is 0.146. The van der Waals surface area contributed by atoms with Crippen LogP contribution in [0.5, 0.6) is 0 Å². The average molecular weight is 261 g/mol. The van der Waals surface area contributed by atoms with Crippen LogP contribution >= 0.6 is 0 Å². The van der Waals surface area contributed by atoms with Gasteiger partial charge in [0, 0.05) is 19.6 Å². The van der Waals surface area contributed by atoms with Crippen LogP contribution in [0.4, 0.5) is 0 Å². The van der Waals surface area contributed by atoms with Gasteiger partial charge < -0.3 is 19.9 Å². The van der Waals surface area contributed by atoms with Crippen molar-refractivity contribution in [3.63, 3.8) is 0 Å². The molecule has 4 heteroatoms. The molecular weight excluding hydrogens is 230 g/mol. The number of nitrogens with two attached hydrogens (primary N) is 1. The van der Waals surface area contributed by atoms with Crippen molar-refractivity contribution in [1.29, 1.82) is 0 Å². The summed E-state index contributed by atoms with van der Waals surface area (Å²) in [7, 11) is 1.68. The molecule has 2 N–H and O–H groups in total. The monoisotopic (exact) mass is 261 g/mol. The number of hydrogen-bond donors (Lipinski definition) is 1. The highest BCUT2D eigenvalue weighted by Gasteiger charge is 2.23. The molecule has 0 aromatic rings. The van der Waals surface area contributed by atoms with Crippen molar-refractivity contribution < 1.29 is 14.2 Å². The van der Waals surface area contributed by atoms with E-state index in [0.717, 1.165) is 13.0 Å². The van der Waals surface area contributed by atoms with Crippen molar-refractivity contribution in [3.8, 4) is 0 Å². The zero-order valence-corrected chi connectivity index (χ0v) is 12.6. The van der Waals surface area contributed by atoms with Gasteiger partial charge in [-0.15, -0.1) is 0 Å². The lowest BCUT2D eigenvalue weighted by Crippen LogP contribution is -2.34. The van der Waals surface area contributed by atoms with Gasteiger partial charge >= 0.3 is 0 Å². The third kappa shape index (κ3) is 8.03. The molecule has 0 rings (SSSR count). The van der Waals surface area contributed by atoms with Gasteiger partial charge in [-0.1, -0.05) is 20.8 Å². The Morgan fingerprint density at radius 1 is 1.00 bits per heavy atom. The van der Waals surface area contributed by atoms with Crippen LogP contribution in [0.2, 0.25) is 0 Å². The Morgan fingerprint density at radius 2 is 1.67 bits per heavy atom. The van der Waals surface area contributed by atoms with Gasteiger partial charge in [-0.3, -0.25) is 0 Å². The normalized spacial score (nSPS) is 16.8. The maximum Gasteiger partial charge on any atom is 0.0704 e. The fraction of sp³-hybridized carbons (Fsp3) is 1.00. The smallest absolute Gasteiger partial charge is 0.0704 e. The highest BCUT2D eigenvalue weighted by Crippen LogP contribution is 2.18. The van der Waals surface area contributed by atoms with Gasteiger partial charge in [0.15, 0.2) is 0 Å². The molecule has 0 aliphatic heterocycles. The van der Waals surface area contributed by atoms with Crippen LogP contribution < -0.4 is 5.73 Å². The summed E-state index contributed by atoms with van der Waals surface area (Å²) in [5.74, 6) is 0.895. The Bertz CT molecular complexity index is 188. The van der Waals surface area contributed by atoms with E-state index in [-0.39, 0.29) is 12.2 Å². The van der Waals surface area contributed by atoms with E-state index in [1.807, 2.05) is 0 Å². The molecular formula is C14H31NO3. The van der Waals surface area contributed by atoms with Crippen molar-refractivity contribution in [1.82, 2.24) is 0 Å². The molecule has 0 aliphatic carbocycles. The third-order valence-electron chi connectivity index (χ3n) is 3.09. The Balaban J connectivity index is 4.12. The zero-order chi connectivity index (χ0) is 14.0. The summed E-state index contributed by atoms with van der Waals surface area (Å²) in [6.45, 7) is 11.2. The summed E-state index contributed by atoms with van der Waals surface area (Å²) < 4.78 is 16.7. The Labute approximate surface area is 112 Å². The van der Waals surface area contributed by atoms with E-state index in [4.69, 9.17) is 19.9 Å². The zero-order valence-electron chi connectivity index (χ0n) is 12.6. The van der Waals surface area contributed by atoms with Gasteiger partial charge in [-0.05, 0) is 25.8 Å². The first-order valence-corrected chi connectivity index (χ1v) is 6.95. The highest BCUT2D eigenvalue weighted by atomic mass is 16.5. The predicted octanol–water partition coefficient (Wildman–Crippen LogP) is 2.06. The molecule has 0 fully saturated rings. The predicted molar refractivity (Wildman–Crippen MR) is 74.7 cm³/mol. The lowest BCUT2D eigenvalue weighted by Gasteiger charge is -2.29. The first-order chi connectivity index (χ1) is 8.52. The second-order valence-corrected chi connectivity index (χ2v) is 5.27. The van der Waals surface area contributed by atoms with Crippen LogP contribution in [-0.2, 0) is 14.2 Å². The Kier molecular flexibility index (Phi) is 10.6. The number of hydrogen-bond acceptors (Lipinski definition) is 4. The van der Waals surface area contributed by atoms with E-state index >= 15 is 0 Å². The molecule has 0 amide bonds. The number of ether oxygens (including phenoxy) is 3. The lowest BCUT2D eigenvalue weighted by molar-refractivity contribution is -0.0678. The molecule has 0 aromatic carbocycles. The third-order valence-corrected chi connectivity index (χ3v) is 3.09. The molecule has 0 bridgehead atoms. The molecule has 0 saturated carbocycles. The van der Waals surface area contributed by atoms with Gasteiger partial charge in [0.1, 0.15) is 0 Å². The van der Waals surface area contributed by atoms with Crippen LogP contribution in [0.3, 0.4) is 0 Å². The van der Waals surface area contributed by atoms with E-state index < -0.39 is 0 Å². The van der Waals surface area contributed by atoms with Crippen LogP contribution in [0.25, 0.3) is 0 Å². The van der Waals surface area contributed by atoms with Crippen molar-refractivity contribution in [2.24, 2.45) is 17.6 Å². The SMILES string of the molecule is COCCOC(CCN)C(C)C(C)OCC(C)C. The summed E-state index contributed by atoms with van der Waals surface area (Å²) in [6.07, 6.45) is 1.19. The molecule has 110 valence electrons. The molecule has 0 aliphatic rings. The molecule has 18 heavy (non-hydrogen) atoms. The van der Waals surface area contributed by atoms with E-state index in [1.54, 1.807) is 7.11 Å². The largest absolute Gasteiger partial charge is 0.382 e. The van der Waals surface area contributed by atoms with E-state index in [0.29, 0.717) is 31.6 Å². The van der Waals surface area contributed by atoms with Crippen LogP contribution in [-0.4, -0.2) is 45.7 Å². The summed E-state index contributed by atoms with van der Waals surface area (Å²) in [5, 5.41) is 0.